The van der Waals surface area contributed by atoms with E-state index < -0.39 is 0 Å². The molecule has 0 amide bonds. The number of benzene rings is 1. The molecule has 5 rings (SSSR count). The molecule has 0 radical (unpaired) electrons. The maximum Gasteiger partial charge on any atom is 0.163 e. The van der Waals surface area contributed by atoms with Gasteiger partial charge in [0.25, 0.3) is 0 Å². The highest BCUT2D eigenvalue weighted by atomic mass is 32.1. The van der Waals surface area contributed by atoms with Crippen LogP contribution in [0.15, 0.2) is 48.8 Å². The number of ether oxygens (including phenoxy) is 2. The van der Waals surface area contributed by atoms with Crippen LogP contribution in [0.4, 0.5) is 5.82 Å². The quantitative estimate of drug-likeness (QED) is 0.555. The first-order valence-corrected chi connectivity index (χ1v) is 9.89. The van der Waals surface area contributed by atoms with Gasteiger partial charge in [-0.1, -0.05) is 6.07 Å². The highest BCUT2D eigenvalue weighted by molar-refractivity contribution is 7.18. The minimum Gasteiger partial charge on any atom is -0.486 e. The maximum atomic E-state index is 5.68. The molecule has 4 aromatic rings. The fraction of sp³-hybridized carbons (Fsp3) is 0.190. The number of aryl methyl sites for hydroxylation is 1. The number of aromatic nitrogens is 3. The molecule has 0 bridgehead atoms. The predicted molar refractivity (Wildman–Crippen MR) is 110 cm³/mol. The lowest BCUT2D eigenvalue weighted by molar-refractivity contribution is 0.171. The van der Waals surface area contributed by atoms with Crippen LogP contribution in [0.25, 0.3) is 21.6 Å². The van der Waals surface area contributed by atoms with Crippen LogP contribution in [-0.2, 0) is 6.54 Å². The molecule has 0 unspecified atom stereocenters. The highest BCUT2D eigenvalue weighted by Gasteiger charge is 2.14. The van der Waals surface area contributed by atoms with Crippen LogP contribution >= 0.6 is 11.3 Å². The van der Waals surface area contributed by atoms with E-state index in [1.54, 1.807) is 23.7 Å². The number of anilines is 1. The number of thiophene rings is 1. The van der Waals surface area contributed by atoms with E-state index >= 15 is 0 Å². The largest absolute Gasteiger partial charge is 0.486 e. The molecule has 1 aromatic carbocycles. The van der Waals surface area contributed by atoms with Gasteiger partial charge in [0.2, 0.25) is 0 Å². The van der Waals surface area contributed by atoms with E-state index in [0.717, 1.165) is 38.7 Å². The summed E-state index contributed by atoms with van der Waals surface area (Å²) < 4.78 is 11.3. The molecule has 0 atom stereocenters. The van der Waals surface area contributed by atoms with E-state index in [1.165, 1.54) is 4.88 Å². The van der Waals surface area contributed by atoms with E-state index in [9.17, 15) is 0 Å². The molecule has 1 N–H and O–H groups in total. The van der Waals surface area contributed by atoms with Crippen molar-refractivity contribution in [2.24, 2.45) is 0 Å². The van der Waals surface area contributed by atoms with Gasteiger partial charge in [0.05, 0.1) is 5.39 Å². The van der Waals surface area contributed by atoms with E-state index in [0.29, 0.717) is 25.6 Å². The minimum atomic E-state index is 0.583. The fourth-order valence-corrected chi connectivity index (χ4v) is 4.07. The van der Waals surface area contributed by atoms with Crippen molar-refractivity contribution in [3.63, 3.8) is 0 Å². The van der Waals surface area contributed by atoms with Gasteiger partial charge in [0.15, 0.2) is 17.3 Å². The number of nitrogens with one attached hydrogen (secondary N) is 1. The topological polar surface area (TPSA) is 69.2 Å². The van der Waals surface area contributed by atoms with Gasteiger partial charge >= 0.3 is 0 Å². The summed E-state index contributed by atoms with van der Waals surface area (Å²) in [6, 6.07) is 12.0. The Hall–Kier alpha value is -3.19. The maximum absolute atomic E-state index is 5.68. The number of nitrogens with zero attached hydrogens (tertiary/aromatic N) is 3. The van der Waals surface area contributed by atoms with Crippen molar-refractivity contribution in [3.05, 3.63) is 59.2 Å². The van der Waals surface area contributed by atoms with E-state index in [-0.39, 0.29) is 0 Å². The molecule has 0 saturated carbocycles. The van der Waals surface area contributed by atoms with E-state index in [2.05, 4.69) is 23.3 Å². The molecule has 1 aliphatic rings. The SMILES string of the molecule is Cc1cc2c(NCc3ccc4c(c3)OCCO4)nc(-c3ccncc3)nc2s1. The third-order valence-electron chi connectivity index (χ3n) is 4.52. The van der Waals surface area contributed by atoms with Crippen LogP contribution in [-0.4, -0.2) is 28.2 Å². The average Bonchev–Trinajstić information content (AvgIpc) is 3.12. The number of rotatable bonds is 4. The average molecular weight is 390 g/mol. The van der Waals surface area contributed by atoms with Gasteiger partial charge in [-0.25, -0.2) is 9.97 Å². The summed E-state index contributed by atoms with van der Waals surface area (Å²) in [5.74, 6) is 3.12. The Balaban J connectivity index is 1.48. The third kappa shape index (κ3) is 3.25. The van der Waals surface area contributed by atoms with Crippen LogP contribution in [0, 0.1) is 6.92 Å². The summed E-state index contributed by atoms with van der Waals surface area (Å²) in [6.45, 7) is 3.90. The van der Waals surface area contributed by atoms with Crippen molar-refractivity contribution in [2.75, 3.05) is 18.5 Å². The van der Waals surface area contributed by atoms with Gasteiger partial charge < -0.3 is 14.8 Å². The van der Waals surface area contributed by atoms with E-state index in [4.69, 9.17) is 19.4 Å². The summed E-state index contributed by atoms with van der Waals surface area (Å²) in [4.78, 5) is 15.8. The molecular formula is C21H18N4O2S. The van der Waals surface area contributed by atoms with Crippen LogP contribution in [0.1, 0.15) is 10.4 Å². The van der Waals surface area contributed by atoms with Gasteiger partial charge in [0.1, 0.15) is 23.9 Å². The number of hydrogen-bond acceptors (Lipinski definition) is 7. The van der Waals surface area contributed by atoms with E-state index in [1.807, 2.05) is 30.3 Å². The Morgan fingerprint density at radius 1 is 1.00 bits per heavy atom. The Morgan fingerprint density at radius 2 is 1.82 bits per heavy atom. The first kappa shape index (κ1) is 16.9. The zero-order chi connectivity index (χ0) is 18.9. The second-order valence-corrected chi connectivity index (χ2v) is 7.77. The lowest BCUT2D eigenvalue weighted by atomic mass is 10.2. The van der Waals surface area contributed by atoms with Crippen molar-refractivity contribution >= 4 is 27.4 Å². The zero-order valence-electron chi connectivity index (χ0n) is 15.3. The minimum absolute atomic E-state index is 0.583. The molecule has 0 fully saturated rings. The summed E-state index contributed by atoms with van der Waals surface area (Å²) in [5.41, 5.74) is 2.05. The van der Waals surface area contributed by atoms with Gasteiger partial charge in [-0.15, -0.1) is 11.3 Å². The van der Waals surface area contributed by atoms with Crippen LogP contribution in [0.3, 0.4) is 0 Å². The second-order valence-electron chi connectivity index (χ2n) is 6.54. The van der Waals surface area contributed by atoms with Gasteiger partial charge in [-0.3, -0.25) is 4.98 Å². The molecule has 6 nitrogen and oxygen atoms in total. The molecule has 0 saturated heterocycles. The first-order chi connectivity index (χ1) is 13.8. The Morgan fingerprint density at radius 3 is 2.68 bits per heavy atom. The van der Waals surface area contributed by atoms with Crippen molar-refractivity contribution in [3.8, 4) is 22.9 Å². The molecule has 4 heterocycles. The normalized spacial score (nSPS) is 12.9. The molecule has 3 aromatic heterocycles. The standard InChI is InChI=1S/C21H18N4O2S/c1-13-10-16-20(23-12-14-2-3-17-18(11-14)27-9-8-26-17)24-19(25-21(16)28-13)15-4-6-22-7-5-15/h2-7,10-11H,8-9,12H2,1H3,(H,23,24,25). The lowest BCUT2D eigenvalue weighted by Gasteiger charge is -2.19. The first-order valence-electron chi connectivity index (χ1n) is 9.07. The molecule has 140 valence electrons. The van der Waals surface area contributed by atoms with Crippen molar-refractivity contribution in [2.45, 2.75) is 13.5 Å². The number of hydrogen-bond donors (Lipinski definition) is 1. The number of fused-ring (bicyclic) bond motifs is 2. The van der Waals surface area contributed by atoms with Crippen LogP contribution < -0.4 is 14.8 Å². The van der Waals surface area contributed by atoms with Crippen molar-refractivity contribution in [1.29, 1.82) is 0 Å². The number of pyridine rings is 1. The smallest absolute Gasteiger partial charge is 0.163 e. The summed E-state index contributed by atoms with van der Waals surface area (Å²) in [5, 5.41) is 4.52. The molecule has 1 aliphatic heterocycles. The second kappa shape index (κ2) is 7.09. The Bertz CT molecular complexity index is 1140. The molecule has 0 spiro atoms. The summed E-state index contributed by atoms with van der Waals surface area (Å²) in [7, 11) is 0. The lowest BCUT2D eigenvalue weighted by Crippen LogP contribution is -2.15. The van der Waals surface area contributed by atoms with Gasteiger partial charge in [-0.2, -0.15) is 0 Å². The molecular weight excluding hydrogens is 372 g/mol. The summed E-state index contributed by atoms with van der Waals surface area (Å²) >= 11 is 1.67. The van der Waals surface area contributed by atoms with Crippen LogP contribution in [0.5, 0.6) is 11.5 Å². The molecule has 28 heavy (non-hydrogen) atoms. The van der Waals surface area contributed by atoms with Crippen LogP contribution in [0.2, 0.25) is 0 Å². The summed E-state index contributed by atoms with van der Waals surface area (Å²) in [6.07, 6.45) is 3.51. The molecule has 0 aliphatic carbocycles. The fourth-order valence-electron chi connectivity index (χ4n) is 3.19. The van der Waals surface area contributed by atoms with Crippen molar-refractivity contribution in [1.82, 2.24) is 15.0 Å². The highest BCUT2D eigenvalue weighted by Crippen LogP contribution is 2.33. The Kier molecular flexibility index (Phi) is 4.29. The third-order valence-corrected chi connectivity index (χ3v) is 5.47. The monoisotopic (exact) mass is 390 g/mol. The Labute approximate surface area is 166 Å². The van der Waals surface area contributed by atoms with Crippen molar-refractivity contribution < 1.29 is 9.47 Å². The zero-order valence-corrected chi connectivity index (χ0v) is 16.1. The van der Waals surface area contributed by atoms with Gasteiger partial charge in [-0.05, 0) is 42.8 Å². The van der Waals surface area contributed by atoms with Gasteiger partial charge in [0, 0.05) is 29.4 Å². The predicted octanol–water partition coefficient (Wildman–Crippen LogP) is 4.45. The molecule has 7 heteroatoms.